The van der Waals surface area contributed by atoms with E-state index in [1.54, 1.807) is 10.7 Å². The molecule has 0 unspecified atom stereocenters. The molecule has 3 aromatic rings. The Balaban J connectivity index is 2.00. The Kier molecular flexibility index (Phi) is 3.55. The van der Waals surface area contributed by atoms with Gasteiger partial charge in [0.05, 0.1) is 23.2 Å². The summed E-state index contributed by atoms with van der Waals surface area (Å²) in [6.07, 6.45) is 2.89. The number of furan rings is 1. The zero-order valence-electron chi connectivity index (χ0n) is 12.8. The molecule has 0 fully saturated rings. The first-order chi connectivity index (χ1) is 10.5. The van der Waals surface area contributed by atoms with Crippen LogP contribution in [0.5, 0.6) is 0 Å². The number of benzene rings is 1. The van der Waals surface area contributed by atoms with E-state index in [4.69, 9.17) is 4.42 Å². The Morgan fingerprint density at radius 2 is 2.00 bits per heavy atom. The van der Waals surface area contributed by atoms with Gasteiger partial charge in [-0.05, 0) is 44.0 Å². The lowest BCUT2D eigenvalue weighted by atomic mass is 10.1. The topological polar surface area (TPSA) is 60.1 Å². The summed E-state index contributed by atoms with van der Waals surface area (Å²) in [6.45, 7) is 5.95. The smallest absolute Gasteiger partial charge is 0.260 e. The van der Waals surface area contributed by atoms with Gasteiger partial charge in [0.25, 0.3) is 5.91 Å². The highest BCUT2D eigenvalue weighted by atomic mass is 16.3. The fourth-order valence-corrected chi connectivity index (χ4v) is 2.30. The summed E-state index contributed by atoms with van der Waals surface area (Å²) in [4.78, 5) is 12.2. The maximum absolute atomic E-state index is 12.2. The molecule has 0 aliphatic carbocycles. The minimum atomic E-state index is -0.222. The van der Waals surface area contributed by atoms with Crippen LogP contribution in [-0.4, -0.2) is 15.7 Å². The van der Waals surface area contributed by atoms with E-state index in [9.17, 15) is 4.79 Å². The predicted octanol–water partition coefficient (Wildman–Crippen LogP) is 3.64. The van der Waals surface area contributed by atoms with E-state index in [1.807, 2.05) is 32.9 Å². The van der Waals surface area contributed by atoms with Crippen molar-refractivity contribution in [2.45, 2.75) is 20.8 Å². The van der Waals surface area contributed by atoms with Crippen molar-refractivity contribution < 1.29 is 9.21 Å². The molecule has 5 nitrogen and oxygen atoms in total. The molecule has 0 saturated carbocycles. The standard InChI is InChI=1S/C17H17N3O2/c1-11-4-5-12(2)15(8-11)20-16(9-13(3)19-20)18-17(21)14-6-7-22-10-14/h4-10H,1-3H3,(H,18,21). The van der Waals surface area contributed by atoms with Crippen molar-refractivity contribution in [1.29, 1.82) is 0 Å². The van der Waals surface area contributed by atoms with E-state index in [0.717, 1.165) is 22.5 Å². The van der Waals surface area contributed by atoms with Gasteiger partial charge in [-0.25, -0.2) is 4.68 Å². The molecular formula is C17H17N3O2. The van der Waals surface area contributed by atoms with E-state index in [0.29, 0.717) is 11.4 Å². The van der Waals surface area contributed by atoms with Gasteiger partial charge in [-0.2, -0.15) is 5.10 Å². The van der Waals surface area contributed by atoms with E-state index in [2.05, 4.69) is 22.5 Å². The summed E-state index contributed by atoms with van der Waals surface area (Å²) in [5, 5.41) is 7.38. The molecule has 3 rings (SSSR count). The highest BCUT2D eigenvalue weighted by Gasteiger charge is 2.14. The largest absolute Gasteiger partial charge is 0.472 e. The molecule has 0 aliphatic heterocycles. The number of carbonyl (C=O) groups is 1. The van der Waals surface area contributed by atoms with Crippen LogP contribution >= 0.6 is 0 Å². The van der Waals surface area contributed by atoms with Crippen molar-refractivity contribution in [3.8, 4) is 5.69 Å². The van der Waals surface area contributed by atoms with Crippen LogP contribution in [-0.2, 0) is 0 Å². The fraction of sp³-hybridized carbons (Fsp3) is 0.176. The normalized spacial score (nSPS) is 10.7. The number of hydrogen-bond donors (Lipinski definition) is 1. The zero-order chi connectivity index (χ0) is 15.7. The second kappa shape index (κ2) is 5.52. The van der Waals surface area contributed by atoms with Crippen LogP contribution in [0.3, 0.4) is 0 Å². The van der Waals surface area contributed by atoms with Gasteiger partial charge >= 0.3 is 0 Å². The Bertz CT molecular complexity index is 817. The average molecular weight is 295 g/mol. The van der Waals surface area contributed by atoms with Crippen LogP contribution in [0.4, 0.5) is 5.82 Å². The van der Waals surface area contributed by atoms with E-state index < -0.39 is 0 Å². The van der Waals surface area contributed by atoms with Gasteiger partial charge in [-0.1, -0.05) is 12.1 Å². The zero-order valence-corrected chi connectivity index (χ0v) is 12.8. The number of aryl methyl sites for hydroxylation is 3. The third kappa shape index (κ3) is 2.65. The number of amides is 1. The predicted molar refractivity (Wildman–Crippen MR) is 84.4 cm³/mol. The summed E-state index contributed by atoms with van der Waals surface area (Å²) >= 11 is 0. The number of nitrogens with zero attached hydrogens (tertiary/aromatic N) is 2. The maximum Gasteiger partial charge on any atom is 0.260 e. The monoisotopic (exact) mass is 295 g/mol. The number of nitrogens with one attached hydrogen (secondary N) is 1. The molecule has 22 heavy (non-hydrogen) atoms. The summed E-state index contributed by atoms with van der Waals surface area (Å²) in [7, 11) is 0. The van der Waals surface area contributed by atoms with Crippen LogP contribution < -0.4 is 5.32 Å². The Morgan fingerprint density at radius 1 is 1.18 bits per heavy atom. The molecule has 0 radical (unpaired) electrons. The van der Waals surface area contributed by atoms with E-state index in [1.165, 1.54) is 12.5 Å². The molecular weight excluding hydrogens is 278 g/mol. The quantitative estimate of drug-likeness (QED) is 0.802. The molecule has 1 N–H and O–H groups in total. The molecule has 1 aromatic carbocycles. The van der Waals surface area contributed by atoms with Gasteiger partial charge in [0, 0.05) is 6.07 Å². The molecule has 1 amide bonds. The van der Waals surface area contributed by atoms with Crippen LogP contribution in [0, 0.1) is 20.8 Å². The molecule has 2 heterocycles. The van der Waals surface area contributed by atoms with Crippen LogP contribution in [0.1, 0.15) is 27.2 Å². The Hall–Kier alpha value is -2.82. The lowest BCUT2D eigenvalue weighted by molar-refractivity contribution is 0.102. The third-order valence-corrected chi connectivity index (χ3v) is 3.45. The number of hydrogen-bond acceptors (Lipinski definition) is 3. The van der Waals surface area contributed by atoms with Gasteiger partial charge in [0.15, 0.2) is 0 Å². The van der Waals surface area contributed by atoms with E-state index in [-0.39, 0.29) is 5.91 Å². The second-order valence-electron chi connectivity index (χ2n) is 5.34. The lowest BCUT2D eigenvalue weighted by Gasteiger charge is -2.11. The highest BCUT2D eigenvalue weighted by Crippen LogP contribution is 2.22. The maximum atomic E-state index is 12.2. The number of rotatable bonds is 3. The minimum Gasteiger partial charge on any atom is -0.472 e. The van der Waals surface area contributed by atoms with Crippen molar-refractivity contribution in [2.75, 3.05) is 5.32 Å². The molecule has 0 aliphatic rings. The molecule has 0 bridgehead atoms. The van der Waals surface area contributed by atoms with Crippen LogP contribution in [0.15, 0.2) is 47.3 Å². The van der Waals surface area contributed by atoms with Gasteiger partial charge < -0.3 is 9.73 Å². The van der Waals surface area contributed by atoms with Crippen molar-refractivity contribution in [2.24, 2.45) is 0 Å². The fourth-order valence-electron chi connectivity index (χ4n) is 2.30. The SMILES string of the molecule is Cc1ccc(C)c(-n2nc(C)cc2NC(=O)c2ccoc2)c1. The summed E-state index contributed by atoms with van der Waals surface area (Å²) in [5.41, 5.74) is 4.50. The molecule has 5 heteroatoms. The molecule has 2 aromatic heterocycles. The average Bonchev–Trinajstić information content (AvgIpc) is 3.11. The van der Waals surface area contributed by atoms with Crippen molar-refractivity contribution in [1.82, 2.24) is 9.78 Å². The number of carbonyl (C=O) groups excluding carboxylic acids is 1. The van der Waals surface area contributed by atoms with Crippen LogP contribution in [0.2, 0.25) is 0 Å². The van der Waals surface area contributed by atoms with E-state index >= 15 is 0 Å². The Labute approximate surface area is 128 Å². The summed E-state index contributed by atoms with van der Waals surface area (Å²) in [6, 6.07) is 9.62. The number of aromatic nitrogens is 2. The molecule has 112 valence electrons. The van der Waals surface area contributed by atoms with Crippen molar-refractivity contribution in [3.05, 3.63) is 65.2 Å². The van der Waals surface area contributed by atoms with Gasteiger partial charge in [-0.15, -0.1) is 0 Å². The second-order valence-corrected chi connectivity index (χ2v) is 5.34. The first-order valence-electron chi connectivity index (χ1n) is 7.02. The summed E-state index contributed by atoms with van der Waals surface area (Å²) < 4.78 is 6.70. The Morgan fingerprint density at radius 3 is 2.73 bits per heavy atom. The number of anilines is 1. The first kappa shape index (κ1) is 14.1. The first-order valence-corrected chi connectivity index (χ1v) is 7.02. The van der Waals surface area contributed by atoms with Crippen molar-refractivity contribution in [3.63, 3.8) is 0 Å². The van der Waals surface area contributed by atoms with Gasteiger partial charge in [0.2, 0.25) is 0 Å². The van der Waals surface area contributed by atoms with Crippen molar-refractivity contribution >= 4 is 11.7 Å². The summed E-state index contributed by atoms with van der Waals surface area (Å²) in [5.74, 6) is 0.414. The van der Waals surface area contributed by atoms with Crippen LogP contribution in [0.25, 0.3) is 5.69 Å². The van der Waals surface area contributed by atoms with Gasteiger partial charge in [-0.3, -0.25) is 4.79 Å². The molecule has 0 spiro atoms. The third-order valence-electron chi connectivity index (χ3n) is 3.45. The minimum absolute atomic E-state index is 0.222. The molecule has 0 saturated heterocycles. The van der Waals surface area contributed by atoms with Gasteiger partial charge in [0.1, 0.15) is 12.1 Å². The molecule has 0 atom stereocenters. The highest BCUT2D eigenvalue weighted by molar-refractivity contribution is 6.03. The lowest BCUT2D eigenvalue weighted by Crippen LogP contribution is -2.15.